The molecule has 1 heterocycles. The molecule has 0 bridgehead atoms. The smallest absolute Gasteiger partial charge is 0.413 e. The number of nitrogens with zero attached hydrogens (tertiary/aromatic N) is 1. The van der Waals surface area contributed by atoms with E-state index in [0.717, 1.165) is 24.2 Å². The number of carbonyl (C=O) groups is 2. The highest BCUT2D eigenvalue weighted by atomic mass is 32.1. The van der Waals surface area contributed by atoms with Crippen LogP contribution in [-0.2, 0) is 9.47 Å². The van der Waals surface area contributed by atoms with Crippen LogP contribution in [0.3, 0.4) is 0 Å². The third-order valence-corrected chi connectivity index (χ3v) is 2.82. The Kier molecular flexibility index (Phi) is 6.13. The van der Waals surface area contributed by atoms with Crippen LogP contribution in [0.2, 0.25) is 0 Å². The zero-order valence-corrected chi connectivity index (χ0v) is 11.2. The van der Waals surface area contributed by atoms with Gasteiger partial charge in [-0.25, -0.2) is 14.6 Å². The van der Waals surface area contributed by atoms with Gasteiger partial charge in [-0.15, -0.1) is 0 Å². The van der Waals surface area contributed by atoms with Crippen LogP contribution in [-0.4, -0.2) is 30.3 Å². The van der Waals surface area contributed by atoms with Crippen molar-refractivity contribution < 1.29 is 19.1 Å². The van der Waals surface area contributed by atoms with Crippen molar-refractivity contribution in [2.75, 3.05) is 18.5 Å². The fourth-order valence-corrected chi connectivity index (χ4v) is 1.76. The van der Waals surface area contributed by atoms with E-state index in [-0.39, 0.29) is 0 Å². The van der Waals surface area contributed by atoms with Gasteiger partial charge in [-0.05, 0) is 13.3 Å². The van der Waals surface area contributed by atoms with Gasteiger partial charge in [0.25, 0.3) is 0 Å². The number of nitrogens with one attached hydrogen (secondary N) is 1. The number of hydrogen-bond donors (Lipinski definition) is 1. The van der Waals surface area contributed by atoms with E-state index < -0.39 is 12.1 Å². The van der Waals surface area contributed by atoms with Gasteiger partial charge in [0.1, 0.15) is 4.88 Å². The number of ether oxygens (including phenoxy) is 2. The van der Waals surface area contributed by atoms with Gasteiger partial charge in [0.15, 0.2) is 5.13 Å². The van der Waals surface area contributed by atoms with Gasteiger partial charge in [-0.1, -0.05) is 24.7 Å². The first-order valence-electron chi connectivity index (χ1n) is 5.74. The third-order valence-electron chi connectivity index (χ3n) is 1.92. The van der Waals surface area contributed by atoms with Gasteiger partial charge in [0.05, 0.1) is 19.4 Å². The molecular weight excluding hydrogens is 256 g/mol. The topological polar surface area (TPSA) is 77.5 Å². The maximum atomic E-state index is 11.4. The molecule has 1 aromatic heterocycles. The molecule has 6 nitrogen and oxygen atoms in total. The molecule has 0 aliphatic carbocycles. The minimum Gasteiger partial charge on any atom is -0.462 e. The Morgan fingerprint density at radius 3 is 2.83 bits per heavy atom. The number of aromatic nitrogens is 1. The van der Waals surface area contributed by atoms with Crippen LogP contribution in [0, 0.1) is 0 Å². The molecule has 0 saturated heterocycles. The maximum Gasteiger partial charge on any atom is 0.413 e. The van der Waals surface area contributed by atoms with Gasteiger partial charge < -0.3 is 9.47 Å². The summed E-state index contributed by atoms with van der Waals surface area (Å²) >= 11 is 1.05. The van der Waals surface area contributed by atoms with Gasteiger partial charge in [0.2, 0.25) is 0 Å². The molecule has 1 rings (SSSR count). The molecule has 1 amide bonds. The average molecular weight is 272 g/mol. The summed E-state index contributed by atoms with van der Waals surface area (Å²) in [6.07, 6.45) is 2.58. The van der Waals surface area contributed by atoms with Crippen molar-refractivity contribution in [1.29, 1.82) is 0 Å². The Balaban J connectivity index is 2.43. The molecule has 0 atom stereocenters. The lowest BCUT2D eigenvalue weighted by molar-refractivity contribution is 0.0531. The van der Waals surface area contributed by atoms with Crippen LogP contribution < -0.4 is 5.32 Å². The lowest BCUT2D eigenvalue weighted by Crippen LogP contribution is -2.13. The number of amides is 1. The SMILES string of the molecule is CCCCOC(=O)Nc1ncc(C(=O)OCC)s1. The Hall–Kier alpha value is -1.63. The van der Waals surface area contributed by atoms with Gasteiger partial charge in [-0.2, -0.15) is 0 Å². The molecule has 7 heteroatoms. The molecule has 0 fully saturated rings. The molecule has 100 valence electrons. The standard InChI is InChI=1S/C11H16N2O4S/c1-3-5-6-17-11(15)13-10-12-7-8(18-10)9(14)16-4-2/h7H,3-6H2,1-2H3,(H,12,13,15). The molecule has 0 aromatic carbocycles. The van der Waals surface area contributed by atoms with Crippen molar-refractivity contribution in [3.8, 4) is 0 Å². The number of carbonyl (C=O) groups excluding carboxylic acids is 2. The monoisotopic (exact) mass is 272 g/mol. The van der Waals surface area contributed by atoms with Crippen molar-refractivity contribution in [3.05, 3.63) is 11.1 Å². The number of rotatable bonds is 6. The number of hydrogen-bond acceptors (Lipinski definition) is 6. The highest BCUT2D eigenvalue weighted by Crippen LogP contribution is 2.19. The highest BCUT2D eigenvalue weighted by Gasteiger charge is 2.13. The minimum absolute atomic E-state index is 0.304. The summed E-state index contributed by atoms with van der Waals surface area (Å²) in [7, 11) is 0. The van der Waals surface area contributed by atoms with Crippen LogP contribution in [0.5, 0.6) is 0 Å². The molecule has 0 spiro atoms. The van der Waals surface area contributed by atoms with Crippen LogP contribution in [0.25, 0.3) is 0 Å². The van der Waals surface area contributed by atoms with E-state index in [2.05, 4.69) is 10.3 Å². The van der Waals surface area contributed by atoms with Crippen LogP contribution >= 0.6 is 11.3 Å². The molecule has 0 saturated carbocycles. The normalized spacial score (nSPS) is 9.89. The molecule has 0 unspecified atom stereocenters. The first-order valence-corrected chi connectivity index (χ1v) is 6.55. The third kappa shape index (κ3) is 4.70. The maximum absolute atomic E-state index is 11.4. The zero-order valence-electron chi connectivity index (χ0n) is 10.4. The number of unbranched alkanes of at least 4 members (excludes halogenated alkanes) is 1. The largest absolute Gasteiger partial charge is 0.462 e. The van der Waals surface area contributed by atoms with E-state index in [1.807, 2.05) is 6.92 Å². The van der Waals surface area contributed by atoms with E-state index in [1.165, 1.54) is 6.20 Å². The summed E-state index contributed by atoms with van der Waals surface area (Å²) in [5, 5.41) is 2.78. The first-order chi connectivity index (χ1) is 8.67. The van der Waals surface area contributed by atoms with E-state index in [4.69, 9.17) is 9.47 Å². The van der Waals surface area contributed by atoms with E-state index in [1.54, 1.807) is 6.92 Å². The number of anilines is 1. The first kappa shape index (κ1) is 14.4. The van der Waals surface area contributed by atoms with Crippen molar-refractivity contribution in [3.63, 3.8) is 0 Å². The molecular formula is C11H16N2O4S. The Morgan fingerprint density at radius 1 is 1.39 bits per heavy atom. The average Bonchev–Trinajstić information content (AvgIpc) is 2.78. The van der Waals surface area contributed by atoms with Crippen LogP contribution in [0.4, 0.5) is 9.93 Å². The van der Waals surface area contributed by atoms with Crippen LogP contribution in [0.15, 0.2) is 6.20 Å². The van der Waals surface area contributed by atoms with Crippen LogP contribution in [0.1, 0.15) is 36.4 Å². The fraction of sp³-hybridized carbons (Fsp3) is 0.545. The van der Waals surface area contributed by atoms with Gasteiger partial charge >= 0.3 is 12.1 Å². The number of esters is 1. The predicted octanol–water partition coefficient (Wildman–Crippen LogP) is 2.67. The lowest BCUT2D eigenvalue weighted by atomic mass is 10.4. The van der Waals surface area contributed by atoms with Crippen molar-refractivity contribution in [2.45, 2.75) is 26.7 Å². The molecule has 0 aliphatic heterocycles. The number of thiazole rings is 1. The second-order valence-electron chi connectivity index (χ2n) is 3.36. The summed E-state index contributed by atoms with van der Waals surface area (Å²) in [5.74, 6) is -0.442. The van der Waals surface area contributed by atoms with E-state index in [9.17, 15) is 9.59 Å². The fourth-order valence-electron chi connectivity index (χ4n) is 1.06. The highest BCUT2D eigenvalue weighted by molar-refractivity contribution is 7.17. The quantitative estimate of drug-likeness (QED) is 0.636. The lowest BCUT2D eigenvalue weighted by Gasteiger charge is -2.02. The van der Waals surface area contributed by atoms with Gasteiger partial charge in [-0.3, -0.25) is 5.32 Å². The molecule has 0 radical (unpaired) electrons. The second-order valence-corrected chi connectivity index (χ2v) is 4.40. The summed E-state index contributed by atoms with van der Waals surface area (Å²) in [4.78, 5) is 26.9. The molecule has 18 heavy (non-hydrogen) atoms. The summed E-state index contributed by atoms with van der Waals surface area (Å²) in [6.45, 7) is 4.41. The van der Waals surface area contributed by atoms with Gasteiger partial charge in [0, 0.05) is 0 Å². The Bertz CT molecular complexity index is 406. The van der Waals surface area contributed by atoms with E-state index >= 15 is 0 Å². The summed E-state index contributed by atoms with van der Waals surface area (Å²) in [6, 6.07) is 0. The molecule has 0 aliphatic rings. The van der Waals surface area contributed by atoms with Crippen molar-refractivity contribution >= 4 is 28.5 Å². The predicted molar refractivity (Wildman–Crippen MR) is 67.9 cm³/mol. The molecule has 1 N–H and O–H groups in total. The Labute approximate surface area is 109 Å². The Morgan fingerprint density at radius 2 is 2.17 bits per heavy atom. The van der Waals surface area contributed by atoms with Crippen molar-refractivity contribution in [1.82, 2.24) is 4.98 Å². The summed E-state index contributed by atoms with van der Waals surface area (Å²) < 4.78 is 9.72. The van der Waals surface area contributed by atoms with E-state index in [0.29, 0.717) is 23.2 Å². The molecule has 1 aromatic rings. The second kappa shape index (κ2) is 7.65. The summed E-state index contributed by atoms with van der Waals surface area (Å²) in [5.41, 5.74) is 0. The minimum atomic E-state index is -0.562. The van der Waals surface area contributed by atoms with Crippen molar-refractivity contribution in [2.24, 2.45) is 0 Å². The zero-order chi connectivity index (χ0) is 13.4.